The van der Waals surface area contributed by atoms with Gasteiger partial charge in [-0.25, -0.2) is 4.79 Å². The maximum atomic E-state index is 12.6. The largest absolute Gasteiger partial charge is 0.416 e. The van der Waals surface area contributed by atoms with Gasteiger partial charge in [0.05, 0.1) is 11.6 Å². The summed E-state index contributed by atoms with van der Waals surface area (Å²) in [5.41, 5.74) is 0.0537. The van der Waals surface area contributed by atoms with Gasteiger partial charge >= 0.3 is 12.2 Å². The molecule has 2 aromatic rings. The van der Waals surface area contributed by atoms with Gasteiger partial charge in [0, 0.05) is 18.1 Å². The summed E-state index contributed by atoms with van der Waals surface area (Å²) in [5, 5.41) is 5.02. The first-order valence-electron chi connectivity index (χ1n) is 6.51. The van der Waals surface area contributed by atoms with E-state index in [9.17, 15) is 18.0 Å². The molecule has 0 aliphatic heterocycles. The Morgan fingerprint density at radius 2 is 2.00 bits per heavy atom. The Morgan fingerprint density at radius 1 is 1.23 bits per heavy atom. The van der Waals surface area contributed by atoms with Crippen LogP contribution in [-0.2, 0) is 6.18 Å². The van der Waals surface area contributed by atoms with Crippen LogP contribution in [0.15, 0.2) is 48.8 Å². The summed E-state index contributed by atoms with van der Waals surface area (Å²) >= 11 is 0. The lowest BCUT2D eigenvalue weighted by atomic mass is 10.1. The number of rotatable bonds is 3. The van der Waals surface area contributed by atoms with Crippen LogP contribution in [0.3, 0.4) is 0 Å². The Balaban J connectivity index is 2.01. The summed E-state index contributed by atoms with van der Waals surface area (Å²) in [4.78, 5) is 15.8. The lowest BCUT2D eigenvalue weighted by Crippen LogP contribution is -2.31. The van der Waals surface area contributed by atoms with Gasteiger partial charge in [0.15, 0.2) is 0 Å². The second kappa shape index (κ2) is 6.46. The highest BCUT2D eigenvalue weighted by atomic mass is 19.4. The topological polar surface area (TPSA) is 54.0 Å². The van der Waals surface area contributed by atoms with Gasteiger partial charge in [0.2, 0.25) is 0 Å². The van der Waals surface area contributed by atoms with Crippen LogP contribution in [-0.4, -0.2) is 11.0 Å². The molecule has 0 aliphatic carbocycles. The van der Waals surface area contributed by atoms with Crippen molar-refractivity contribution in [3.05, 3.63) is 59.9 Å². The second-order valence-corrected chi connectivity index (χ2v) is 4.69. The number of nitrogens with zero attached hydrogens (tertiary/aromatic N) is 1. The van der Waals surface area contributed by atoms with E-state index >= 15 is 0 Å². The Labute approximate surface area is 125 Å². The molecule has 0 spiro atoms. The number of hydrogen-bond acceptors (Lipinski definition) is 2. The highest BCUT2D eigenvalue weighted by molar-refractivity contribution is 5.89. The van der Waals surface area contributed by atoms with E-state index in [2.05, 4.69) is 15.6 Å². The molecule has 0 fully saturated rings. The van der Waals surface area contributed by atoms with Crippen LogP contribution in [0.25, 0.3) is 0 Å². The van der Waals surface area contributed by atoms with Gasteiger partial charge in [-0.05, 0) is 36.8 Å². The molecule has 1 aromatic carbocycles. The molecule has 0 bridgehead atoms. The number of halogens is 3. The molecule has 1 unspecified atom stereocenters. The maximum Gasteiger partial charge on any atom is 0.416 e. The summed E-state index contributed by atoms with van der Waals surface area (Å²) in [7, 11) is 0. The van der Waals surface area contributed by atoms with Gasteiger partial charge in [-0.3, -0.25) is 4.98 Å². The first kappa shape index (κ1) is 15.8. The Bertz CT molecular complexity index is 644. The van der Waals surface area contributed by atoms with E-state index in [4.69, 9.17) is 0 Å². The molecule has 0 saturated carbocycles. The molecule has 1 aromatic heterocycles. The third-order valence-corrected chi connectivity index (χ3v) is 2.98. The maximum absolute atomic E-state index is 12.6. The van der Waals surface area contributed by atoms with Crippen molar-refractivity contribution in [2.75, 3.05) is 5.32 Å². The first-order valence-corrected chi connectivity index (χ1v) is 6.51. The number of urea groups is 1. The van der Waals surface area contributed by atoms with Gasteiger partial charge in [0.25, 0.3) is 0 Å². The van der Waals surface area contributed by atoms with Crippen molar-refractivity contribution in [2.45, 2.75) is 19.1 Å². The summed E-state index contributed by atoms with van der Waals surface area (Å²) < 4.78 is 37.8. The number of carbonyl (C=O) groups is 1. The Morgan fingerprint density at radius 3 is 2.64 bits per heavy atom. The molecular formula is C15H14F3N3O. The predicted octanol–water partition coefficient (Wildman–Crippen LogP) is 3.98. The molecule has 4 nitrogen and oxygen atoms in total. The van der Waals surface area contributed by atoms with Gasteiger partial charge < -0.3 is 10.6 Å². The number of hydrogen-bond donors (Lipinski definition) is 2. The number of alkyl halides is 3. The molecule has 7 heteroatoms. The second-order valence-electron chi connectivity index (χ2n) is 4.69. The van der Waals surface area contributed by atoms with Crippen LogP contribution in [0.5, 0.6) is 0 Å². The zero-order chi connectivity index (χ0) is 16.2. The van der Waals surface area contributed by atoms with E-state index < -0.39 is 17.8 Å². The summed E-state index contributed by atoms with van der Waals surface area (Å²) in [6, 6.07) is 7.08. The first-order chi connectivity index (χ1) is 10.4. The van der Waals surface area contributed by atoms with Crippen LogP contribution >= 0.6 is 0 Å². The third kappa shape index (κ3) is 4.21. The van der Waals surface area contributed by atoms with Crippen LogP contribution in [0.1, 0.15) is 24.1 Å². The number of anilines is 1. The molecular weight excluding hydrogens is 295 g/mol. The van der Waals surface area contributed by atoms with Crippen molar-refractivity contribution in [3.63, 3.8) is 0 Å². The molecule has 116 valence electrons. The van der Waals surface area contributed by atoms with Gasteiger partial charge in [-0.1, -0.05) is 12.1 Å². The smallest absolute Gasteiger partial charge is 0.331 e. The molecule has 0 saturated heterocycles. The number of pyridine rings is 1. The zero-order valence-corrected chi connectivity index (χ0v) is 11.7. The van der Waals surface area contributed by atoms with Crippen molar-refractivity contribution in [2.24, 2.45) is 0 Å². The van der Waals surface area contributed by atoms with E-state index in [1.54, 1.807) is 31.5 Å². The lowest BCUT2D eigenvalue weighted by Gasteiger charge is -2.15. The third-order valence-electron chi connectivity index (χ3n) is 2.98. The normalized spacial score (nSPS) is 12.5. The number of benzene rings is 1. The van der Waals surface area contributed by atoms with E-state index in [0.717, 1.165) is 17.7 Å². The van der Waals surface area contributed by atoms with Crippen molar-refractivity contribution >= 4 is 11.7 Å². The quantitative estimate of drug-likeness (QED) is 0.901. The van der Waals surface area contributed by atoms with Gasteiger partial charge in [0.1, 0.15) is 0 Å². The van der Waals surface area contributed by atoms with Gasteiger partial charge in [-0.15, -0.1) is 0 Å². The van der Waals surface area contributed by atoms with E-state index in [0.29, 0.717) is 0 Å². The molecule has 0 radical (unpaired) electrons. The standard InChI is InChI=1S/C15H14F3N3O/c1-10(11-4-3-7-19-9-11)20-14(22)21-13-6-2-5-12(8-13)15(16,17)18/h2-10H,1H3,(H2,20,21,22). The summed E-state index contributed by atoms with van der Waals surface area (Å²) in [6.07, 6.45) is -1.23. The predicted molar refractivity (Wildman–Crippen MR) is 76.3 cm³/mol. The summed E-state index contributed by atoms with van der Waals surface area (Å²) in [5.74, 6) is 0. The number of aromatic nitrogens is 1. The average Bonchev–Trinajstić information content (AvgIpc) is 2.47. The number of nitrogens with one attached hydrogen (secondary N) is 2. The SMILES string of the molecule is CC(NC(=O)Nc1cccc(C(F)(F)F)c1)c1cccnc1. The van der Waals surface area contributed by atoms with E-state index in [-0.39, 0.29) is 11.7 Å². The fourth-order valence-electron chi connectivity index (χ4n) is 1.85. The molecule has 22 heavy (non-hydrogen) atoms. The van der Waals surface area contributed by atoms with E-state index in [1.165, 1.54) is 12.1 Å². The number of amides is 2. The highest BCUT2D eigenvalue weighted by Gasteiger charge is 2.30. The van der Waals surface area contributed by atoms with Crippen molar-refractivity contribution in [1.82, 2.24) is 10.3 Å². The zero-order valence-electron chi connectivity index (χ0n) is 11.7. The summed E-state index contributed by atoms with van der Waals surface area (Å²) in [6.45, 7) is 1.75. The molecule has 0 aliphatic rings. The molecule has 2 rings (SSSR count). The minimum atomic E-state index is -4.45. The molecule has 2 amide bonds. The lowest BCUT2D eigenvalue weighted by molar-refractivity contribution is -0.137. The van der Waals surface area contributed by atoms with Crippen molar-refractivity contribution in [1.29, 1.82) is 0 Å². The average molecular weight is 309 g/mol. The minimum Gasteiger partial charge on any atom is -0.331 e. The van der Waals surface area contributed by atoms with E-state index in [1.807, 2.05) is 0 Å². The molecule has 1 heterocycles. The molecule has 1 atom stereocenters. The van der Waals surface area contributed by atoms with Gasteiger partial charge in [-0.2, -0.15) is 13.2 Å². The van der Waals surface area contributed by atoms with Crippen LogP contribution < -0.4 is 10.6 Å². The minimum absolute atomic E-state index is 0.0747. The Kier molecular flexibility index (Phi) is 4.65. The van der Waals surface area contributed by atoms with Crippen LogP contribution in [0, 0.1) is 0 Å². The monoisotopic (exact) mass is 309 g/mol. The highest BCUT2D eigenvalue weighted by Crippen LogP contribution is 2.30. The fraction of sp³-hybridized carbons (Fsp3) is 0.200. The number of carbonyl (C=O) groups excluding carboxylic acids is 1. The fourth-order valence-corrected chi connectivity index (χ4v) is 1.85. The van der Waals surface area contributed by atoms with Crippen molar-refractivity contribution < 1.29 is 18.0 Å². The Hall–Kier alpha value is -2.57. The van der Waals surface area contributed by atoms with Crippen LogP contribution in [0.4, 0.5) is 23.7 Å². The van der Waals surface area contributed by atoms with Crippen LogP contribution in [0.2, 0.25) is 0 Å². The molecule has 2 N–H and O–H groups in total. The van der Waals surface area contributed by atoms with Crippen molar-refractivity contribution in [3.8, 4) is 0 Å².